The van der Waals surface area contributed by atoms with Crippen LogP contribution in [0, 0.1) is 13.8 Å². The highest BCUT2D eigenvalue weighted by atomic mass is 32.2. The molecule has 1 heterocycles. The van der Waals surface area contributed by atoms with Crippen LogP contribution in [-0.2, 0) is 19.4 Å². The van der Waals surface area contributed by atoms with E-state index in [-0.39, 0.29) is 23.0 Å². The summed E-state index contributed by atoms with van der Waals surface area (Å²) < 4.78 is 30.2. The summed E-state index contributed by atoms with van der Waals surface area (Å²) in [5.41, 5.74) is 2.64. The van der Waals surface area contributed by atoms with Crippen LogP contribution in [0.25, 0.3) is 0 Å². The first-order chi connectivity index (χ1) is 14.3. The highest BCUT2D eigenvalue weighted by Gasteiger charge is 2.22. The molecule has 8 heteroatoms. The number of anilines is 1. The Morgan fingerprint density at radius 3 is 2.37 bits per heavy atom. The Bertz CT molecular complexity index is 1030. The van der Waals surface area contributed by atoms with Crippen molar-refractivity contribution in [1.82, 2.24) is 4.90 Å². The molecular formula is C22H26N2O5S. The van der Waals surface area contributed by atoms with Gasteiger partial charge in [-0.1, -0.05) is 23.8 Å². The monoisotopic (exact) mass is 430 g/mol. The van der Waals surface area contributed by atoms with Crippen molar-refractivity contribution in [3.63, 3.8) is 0 Å². The molecule has 0 radical (unpaired) electrons. The molecule has 1 aliphatic heterocycles. The first kappa shape index (κ1) is 22.0. The van der Waals surface area contributed by atoms with Crippen LogP contribution < -0.4 is 5.32 Å². The number of nitrogens with one attached hydrogen (secondary N) is 1. The predicted octanol–water partition coefficient (Wildman–Crippen LogP) is 2.58. The van der Waals surface area contributed by atoms with Crippen LogP contribution >= 0.6 is 0 Å². The molecule has 1 saturated heterocycles. The maximum atomic E-state index is 12.8. The molecule has 30 heavy (non-hydrogen) atoms. The van der Waals surface area contributed by atoms with Gasteiger partial charge in [0.25, 0.3) is 5.91 Å². The van der Waals surface area contributed by atoms with Crippen molar-refractivity contribution in [3.05, 3.63) is 59.2 Å². The van der Waals surface area contributed by atoms with Gasteiger partial charge in [-0.25, -0.2) is 8.42 Å². The Kier molecular flexibility index (Phi) is 6.89. The molecule has 1 fully saturated rings. The normalized spacial score (nSPS) is 14.4. The number of nitrogens with zero attached hydrogens (tertiary/aromatic N) is 1. The number of morpholine rings is 1. The van der Waals surface area contributed by atoms with Gasteiger partial charge in [-0.15, -0.1) is 0 Å². The fraction of sp³-hybridized carbons (Fsp3) is 0.364. The van der Waals surface area contributed by atoms with Crippen LogP contribution in [0.4, 0.5) is 5.69 Å². The van der Waals surface area contributed by atoms with Crippen LogP contribution in [0.3, 0.4) is 0 Å². The minimum atomic E-state index is -3.54. The van der Waals surface area contributed by atoms with Gasteiger partial charge in [-0.2, -0.15) is 0 Å². The van der Waals surface area contributed by atoms with Crippen molar-refractivity contribution in [2.45, 2.75) is 25.2 Å². The van der Waals surface area contributed by atoms with E-state index in [1.54, 1.807) is 54.3 Å². The number of carbonyl (C=O) groups excluding carboxylic acids is 2. The molecular weight excluding hydrogens is 404 g/mol. The Balaban J connectivity index is 1.65. The molecule has 0 saturated carbocycles. The van der Waals surface area contributed by atoms with Gasteiger partial charge < -0.3 is 15.0 Å². The SMILES string of the molecule is Cc1ccc(S(=O)(=O)CCC(=O)Nc2cccc(C(=O)N3CCOCC3)c2C)cc1. The molecule has 1 aliphatic rings. The van der Waals surface area contributed by atoms with Crippen molar-refractivity contribution < 1.29 is 22.7 Å². The third-order valence-corrected chi connectivity index (χ3v) is 6.85. The van der Waals surface area contributed by atoms with Crippen LogP contribution in [-0.4, -0.2) is 57.2 Å². The van der Waals surface area contributed by atoms with Crippen LogP contribution in [0.5, 0.6) is 0 Å². The number of aryl methyl sites for hydroxylation is 1. The predicted molar refractivity (Wildman–Crippen MR) is 114 cm³/mol. The van der Waals surface area contributed by atoms with Crippen molar-refractivity contribution >= 4 is 27.3 Å². The average Bonchev–Trinajstić information content (AvgIpc) is 2.74. The Morgan fingerprint density at radius 2 is 1.70 bits per heavy atom. The maximum Gasteiger partial charge on any atom is 0.254 e. The summed E-state index contributed by atoms with van der Waals surface area (Å²) in [6.07, 6.45) is -0.169. The van der Waals surface area contributed by atoms with Crippen molar-refractivity contribution in [1.29, 1.82) is 0 Å². The fourth-order valence-corrected chi connectivity index (χ4v) is 4.48. The summed E-state index contributed by atoms with van der Waals surface area (Å²) in [7, 11) is -3.54. The van der Waals surface area contributed by atoms with E-state index >= 15 is 0 Å². The molecule has 0 aromatic heterocycles. The molecule has 0 unspecified atom stereocenters. The summed E-state index contributed by atoms with van der Waals surface area (Å²) in [5, 5.41) is 2.74. The van der Waals surface area contributed by atoms with Crippen LogP contribution in [0.15, 0.2) is 47.4 Å². The number of benzene rings is 2. The maximum absolute atomic E-state index is 12.8. The van der Waals surface area contributed by atoms with Gasteiger partial charge >= 0.3 is 0 Å². The Morgan fingerprint density at radius 1 is 1.03 bits per heavy atom. The minimum Gasteiger partial charge on any atom is -0.378 e. The number of hydrogen-bond donors (Lipinski definition) is 1. The number of ether oxygens (including phenoxy) is 1. The van der Waals surface area contributed by atoms with Gasteiger partial charge in [-0.3, -0.25) is 9.59 Å². The molecule has 3 rings (SSSR count). The molecule has 1 N–H and O–H groups in total. The van der Waals surface area contributed by atoms with Gasteiger partial charge in [0.2, 0.25) is 5.91 Å². The van der Waals surface area contributed by atoms with E-state index in [4.69, 9.17) is 4.74 Å². The zero-order valence-electron chi connectivity index (χ0n) is 17.2. The van der Waals surface area contributed by atoms with E-state index in [9.17, 15) is 18.0 Å². The standard InChI is InChI=1S/C22H26N2O5S/c1-16-6-8-18(9-7-16)30(27,28)15-10-21(25)23-20-5-3-4-19(17(20)2)22(26)24-11-13-29-14-12-24/h3-9H,10-15H2,1-2H3,(H,23,25). The van der Waals surface area contributed by atoms with E-state index in [0.29, 0.717) is 43.1 Å². The van der Waals surface area contributed by atoms with E-state index < -0.39 is 15.7 Å². The molecule has 0 aliphatic carbocycles. The lowest BCUT2D eigenvalue weighted by molar-refractivity contribution is -0.115. The van der Waals surface area contributed by atoms with Crippen molar-refractivity contribution in [2.24, 2.45) is 0 Å². The topological polar surface area (TPSA) is 92.8 Å². The van der Waals surface area contributed by atoms with Gasteiger partial charge in [-0.05, 0) is 43.7 Å². The Labute approximate surface area is 177 Å². The van der Waals surface area contributed by atoms with Gasteiger partial charge in [0.1, 0.15) is 0 Å². The number of rotatable bonds is 6. The lowest BCUT2D eigenvalue weighted by atomic mass is 10.0. The van der Waals surface area contributed by atoms with Crippen molar-refractivity contribution in [2.75, 3.05) is 37.4 Å². The quantitative estimate of drug-likeness (QED) is 0.760. The number of carbonyl (C=O) groups is 2. The third kappa shape index (κ3) is 5.25. The zero-order valence-corrected chi connectivity index (χ0v) is 18.0. The molecule has 2 aromatic carbocycles. The van der Waals surface area contributed by atoms with E-state index in [1.165, 1.54) is 0 Å². The zero-order chi connectivity index (χ0) is 21.7. The molecule has 2 aromatic rings. The van der Waals surface area contributed by atoms with Crippen LogP contribution in [0.1, 0.15) is 27.9 Å². The highest BCUT2D eigenvalue weighted by Crippen LogP contribution is 2.21. The summed E-state index contributed by atoms with van der Waals surface area (Å²) in [5.74, 6) is -0.800. The van der Waals surface area contributed by atoms with Gasteiger partial charge in [0, 0.05) is 30.8 Å². The molecule has 0 bridgehead atoms. The summed E-state index contributed by atoms with van der Waals surface area (Å²) in [6, 6.07) is 11.7. The molecule has 7 nitrogen and oxygen atoms in total. The summed E-state index contributed by atoms with van der Waals surface area (Å²) in [6.45, 7) is 5.74. The average molecular weight is 431 g/mol. The van der Waals surface area contributed by atoms with Crippen molar-refractivity contribution in [3.8, 4) is 0 Å². The van der Waals surface area contributed by atoms with E-state index in [0.717, 1.165) is 5.56 Å². The first-order valence-corrected chi connectivity index (χ1v) is 11.5. The molecule has 0 atom stereocenters. The second kappa shape index (κ2) is 9.40. The number of sulfone groups is 1. The summed E-state index contributed by atoms with van der Waals surface area (Å²) >= 11 is 0. The second-order valence-corrected chi connectivity index (χ2v) is 9.42. The van der Waals surface area contributed by atoms with E-state index in [2.05, 4.69) is 5.32 Å². The Hall–Kier alpha value is -2.71. The lowest BCUT2D eigenvalue weighted by Crippen LogP contribution is -2.41. The first-order valence-electron chi connectivity index (χ1n) is 9.84. The van der Waals surface area contributed by atoms with Gasteiger partial charge in [0.05, 0.1) is 23.9 Å². The number of hydrogen-bond acceptors (Lipinski definition) is 5. The highest BCUT2D eigenvalue weighted by molar-refractivity contribution is 7.91. The van der Waals surface area contributed by atoms with E-state index in [1.807, 2.05) is 6.92 Å². The van der Waals surface area contributed by atoms with Gasteiger partial charge in [0.15, 0.2) is 9.84 Å². The molecule has 160 valence electrons. The largest absolute Gasteiger partial charge is 0.378 e. The second-order valence-electron chi connectivity index (χ2n) is 7.31. The summed E-state index contributed by atoms with van der Waals surface area (Å²) in [4.78, 5) is 27.1. The molecule has 2 amide bonds. The fourth-order valence-electron chi connectivity index (χ4n) is 3.24. The minimum absolute atomic E-state index is 0.103. The third-order valence-electron chi connectivity index (χ3n) is 5.11. The lowest BCUT2D eigenvalue weighted by Gasteiger charge is -2.27. The van der Waals surface area contributed by atoms with Crippen LogP contribution in [0.2, 0.25) is 0 Å². The smallest absolute Gasteiger partial charge is 0.254 e. The molecule has 0 spiro atoms. The number of amides is 2.